The molecule has 1 aromatic carbocycles. The predicted octanol–water partition coefficient (Wildman–Crippen LogP) is 2.01. The Morgan fingerprint density at radius 3 is 2.31 bits per heavy atom. The number of rotatable bonds is 2. The molecule has 0 aliphatic carbocycles. The fourth-order valence-corrected chi connectivity index (χ4v) is 1.00. The van der Waals surface area contributed by atoms with Crippen LogP contribution in [0.15, 0.2) is 24.3 Å². The molecule has 13 heavy (non-hydrogen) atoms. The summed E-state index contributed by atoms with van der Waals surface area (Å²) in [6, 6.07) is 7.39. The summed E-state index contributed by atoms with van der Waals surface area (Å²) in [6.45, 7) is 7.63. The Morgan fingerprint density at radius 2 is 1.85 bits per heavy atom. The number of hydrogen-bond donors (Lipinski definition) is 1. The molecule has 1 radical (unpaired) electrons. The van der Waals surface area contributed by atoms with Crippen molar-refractivity contribution < 1.29 is 4.79 Å². The minimum absolute atomic E-state index is 0.0324. The van der Waals surface area contributed by atoms with Crippen LogP contribution in [0.5, 0.6) is 0 Å². The molecule has 1 N–H and O–H groups in total. The summed E-state index contributed by atoms with van der Waals surface area (Å²) in [7, 11) is 0. The molecule has 1 aromatic rings. The fraction of sp³-hybridized carbons (Fsp3) is 0.273. The van der Waals surface area contributed by atoms with Crippen LogP contribution in [0.1, 0.15) is 29.8 Å². The van der Waals surface area contributed by atoms with Gasteiger partial charge in [0, 0.05) is 11.6 Å². The van der Waals surface area contributed by atoms with Crippen molar-refractivity contribution in [3.05, 3.63) is 42.3 Å². The lowest BCUT2D eigenvalue weighted by Gasteiger charge is -2.07. The van der Waals surface area contributed by atoms with Crippen molar-refractivity contribution in [1.82, 2.24) is 5.32 Å². The number of carbonyl (C=O) groups excluding carboxylic acids is 1. The Balaban J connectivity index is 2.72. The van der Waals surface area contributed by atoms with Gasteiger partial charge < -0.3 is 5.32 Å². The van der Waals surface area contributed by atoms with Gasteiger partial charge in [-0.1, -0.05) is 12.1 Å². The highest BCUT2D eigenvalue weighted by atomic mass is 16.1. The van der Waals surface area contributed by atoms with Crippen LogP contribution >= 0.6 is 0 Å². The zero-order valence-corrected chi connectivity index (χ0v) is 8.00. The van der Waals surface area contributed by atoms with E-state index in [1.807, 2.05) is 26.0 Å². The molecule has 2 heteroatoms. The minimum Gasteiger partial charge on any atom is -0.350 e. The highest BCUT2D eigenvalue weighted by Crippen LogP contribution is 2.02. The molecule has 0 saturated heterocycles. The van der Waals surface area contributed by atoms with Crippen LogP contribution in [-0.2, 0) is 0 Å². The number of carbonyl (C=O) groups is 1. The Bertz CT molecular complexity index is 287. The maximum atomic E-state index is 11.4. The number of amides is 1. The lowest BCUT2D eigenvalue weighted by Crippen LogP contribution is -2.29. The summed E-state index contributed by atoms with van der Waals surface area (Å²) in [5.41, 5.74) is 1.60. The molecule has 0 heterocycles. The van der Waals surface area contributed by atoms with Crippen molar-refractivity contribution in [2.24, 2.45) is 0 Å². The predicted molar refractivity (Wildman–Crippen MR) is 53.5 cm³/mol. The fourth-order valence-electron chi connectivity index (χ4n) is 1.00. The van der Waals surface area contributed by atoms with Crippen LogP contribution in [0.2, 0.25) is 0 Å². The van der Waals surface area contributed by atoms with E-state index >= 15 is 0 Å². The van der Waals surface area contributed by atoms with Crippen molar-refractivity contribution in [1.29, 1.82) is 0 Å². The van der Waals surface area contributed by atoms with Crippen molar-refractivity contribution in [3.8, 4) is 0 Å². The van der Waals surface area contributed by atoms with Gasteiger partial charge in [-0.15, -0.1) is 0 Å². The number of benzene rings is 1. The zero-order valence-electron chi connectivity index (χ0n) is 8.00. The molecule has 0 spiro atoms. The van der Waals surface area contributed by atoms with Gasteiger partial charge in [-0.3, -0.25) is 4.79 Å². The van der Waals surface area contributed by atoms with Gasteiger partial charge in [0.05, 0.1) is 0 Å². The van der Waals surface area contributed by atoms with Crippen LogP contribution in [0.25, 0.3) is 0 Å². The van der Waals surface area contributed by atoms with Gasteiger partial charge in [-0.05, 0) is 38.5 Å². The Kier molecular flexibility index (Phi) is 3.07. The molecule has 0 saturated carbocycles. The van der Waals surface area contributed by atoms with Gasteiger partial charge in [-0.2, -0.15) is 0 Å². The van der Waals surface area contributed by atoms with Gasteiger partial charge in [0.25, 0.3) is 5.91 Å². The SMILES string of the molecule is [CH2]c1ccc(C(=O)NC(C)C)cc1. The third-order valence-corrected chi connectivity index (χ3v) is 1.64. The standard InChI is InChI=1S/C11H14NO/c1-8(2)12-11(13)10-6-4-9(3)5-7-10/h4-8H,3H2,1-2H3,(H,12,13). The monoisotopic (exact) mass is 176 g/mol. The summed E-state index contributed by atoms with van der Waals surface area (Å²) >= 11 is 0. The molecule has 0 fully saturated rings. The van der Waals surface area contributed by atoms with Crippen LogP contribution < -0.4 is 5.32 Å². The third-order valence-electron chi connectivity index (χ3n) is 1.64. The van der Waals surface area contributed by atoms with Crippen LogP contribution in [0.3, 0.4) is 0 Å². The lowest BCUT2D eigenvalue weighted by molar-refractivity contribution is 0.0943. The minimum atomic E-state index is -0.0324. The van der Waals surface area contributed by atoms with E-state index in [-0.39, 0.29) is 11.9 Å². The molecular weight excluding hydrogens is 162 g/mol. The van der Waals surface area contributed by atoms with Gasteiger partial charge >= 0.3 is 0 Å². The van der Waals surface area contributed by atoms with E-state index in [1.54, 1.807) is 12.1 Å². The van der Waals surface area contributed by atoms with Gasteiger partial charge in [-0.25, -0.2) is 0 Å². The summed E-state index contributed by atoms with van der Waals surface area (Å²) in [4.78, 5) is 11.4. The lowest BCUT2D eigenvalue weighted by atomic mass is 10.1. The van der Waals surface area contributed by atoms with Crippen molar-refractivity contribution in [3.63, 3.8) is 0 Å². The first-order valence-corrected chi connectivity index (χ1v) is 4.32. The second kappa shape index (κ2) is 4.08. The van der Waals surface area contributed by atoms with Crippen LogP contribution in [0, 0.1) is 6.92 Å². The van der Waals surface area contributed by atoms with Crippen LogP contribution in [-0.4, -0.2) is 11.9 Å². The molecule has 1 rings (SSSR count). The van der Waals surface area contributed by atoms with E-state index in [4.69, 9.17) is 0 Å². The third kappa shape index (κ3) is 2.90. The topological polar surface area (TPSA) is 29.1 Å². The summed E-state index contributed by atoms with van der Waals surface area (Å²) in [5.74, 6) is -0.0324. The molecule has 0 atom stereocenters. The average Bonchev–Trinajstić information content (AvgIpc) is 2.04. The Hall–Kier alpha value is -1.31. The highest BCUT2D eigenvalue weighted by molar-refractivity contribution is 5.94. The molecule has 0 aromatic heterocycles. The number of hydrogen-bond acceptors (Lipinski definition) is 1. The van der Waals surface area contributed by atoms with E-state index in [0.29, 0.717) is 5.56 Å². The molecule has 1 amide bonds. The molecule has 0 aliphatic rings. The second-order valence-electron chi connectivity index (χ2n) is 3.33. The number of nitrogens with one attached hydrogen (secondary N) is 1. The van der Waals surface area contributed by atoms with Gasteiger partial charge in [0.2, 0.25) is 0 Å². The molecular formula is C11H14NO. The molecule has 0 unspecified atom stereocenters. The Labute approximate surface area is 79.0 Å². The smallest absolute Gasteiger partial charge is 0.251 e. The van der Waals surface area contributed by atoms with Crippen molar-refractivity contribution in [2.45, 2.75) is 19.9 Å². The van der Waals surface area contributed by atoms with E-state index in [9.17, 15) is 4.79 Å². The van der Waals surface area contributed by atoms with Crippen molar-refractivity contribution in [2.75, 3.05) is 0 Å². The highest BCUT2D eigenvalue weighted by Gasteiger charge is 2.04. The largest absolute Gasteiger partial charge is 0.350 e. The second-order valence-corrected chi connectivity index (χ2v) is 3.33. The molecule has 2 nitrogen and oxygen atoms in total. The summed E-state index contributed by atoms with van der Waals surface area (Å²) in [6.07, 6.45) is 0. The molecule has 0 aliphatic heterocycles. The molecule has 0 bridgehead atoms. The van der Waals surface area contributed by atoms with E-state index in [0.717, 1.165) is 5.56 Å². The summed E-state index contributed by atoms with van der Waals surface area (Å²) < 4.78 is 0. The van der Waals surface area contributed by atoms with Crippen LogP contribution in [0.4, 0.5) is 0 Å². The first-order valence-electron chi connectivity index (χ1n) is 4.32. The first kappa shape index (κ1) is 9.78. The average molecular weight is 176 g/mol. The first-order chi connectivity index (χ1) is 6.09. The van der Waals surface area contributed by atoms with E-state index in [2.05, 4.69) is 12.2 Å². The maximum Gasteiger partial charge on any atom is 0.251 e. The normalized spacial score (nSPS) is 10.2. The Morgan fingerprint density at radius 1 is 1.31 bits per heavy atom. The van der Waals surface area contributed by atoms with E-state index in [1.165, 1.54) is 0 Å². The summed E-state index contributed by atoms with van der Waals surface area (Å²) in [5, 5.41) is 2.82. The van der Waals surface area contributed by atoms with Gasteiger partial charge in [0.15, 0.2) is 0 Å². The van der Waals surface area contributed by atoms with Crippen molar-refractivity contribution >= 4 is 5.91 Å². The zero-order chi connectivity index (χ0) is 9.84. The maximum absolute atomic E-state index is 11.4. The van der Waals surface area contributed by atoms with Gasteiger partial charge in [0.1, 0.15) is 0 Å². The quantitative estimate of drug-likeness (QED) is 0.733. The van der Waals surface area contributed by atoms with E-state index < -0.39 is 0 Å². The molecule has 69 valence electrons.